The molecule has 0 radical (unpaired) electrons. The van der Waals surface area contributed by atoms with E-state index >= 15 is 4.39 Å². The van der Waals surface area contributed by atoms with Crippen LogP contribution in [0.15, 0.2) is 24.4 Å². The lowest BCUT2D eigenvalue weighted by Crippen LogP contribution is -2.59. The van der Waals surface area contributed by atoms with Crippen LogP contribution >= 0.6 is 0 Å². The van der Waals surface area contributed by atoms with Gasteiger partial charge in [0, 0.05) is 29.9 Å². The molecule has 37 heavy (non-hydrogen) atoms. The molecule has 1 saturated carbocycles. The van der Waals surface area contributed by atoms with Crippen LogP contribution in [0.2, 0.25) is 0 Å². The van der Waals surface area contributed by atoms with E-state index in [0.717, 1.165) is 36.2 Å². The fourth-order valence-electron chi connectivity index (χ4n) is 5.77. The van der Waals surface area contributed by atoms with E-state index in [1.54, 1.807) is 23.7 Å². The zero-order chi connectivity index (χ0) is 25.9. The second-order valence-electron chi connectivity index (χ2n) is 10.6. The maximum atomic E-state index is 15.1. The molecule has 11 heteroatoms. The van der Waals surface area contributed by atoms with Gasteiger partial charge in [0.05, 0.1) is 30.0 Å². The van der Waals surface area contributed by atoms with Gasteiger partial charge in [-0.3, -0.25) is 4.90 Å². The number of rotatable bonds is 6. The van der Waals surface area contributed by atoms with Crippen molar-refractivity contribution in [3.63, 3.8) is 0 Å². The lowest BCUT2D eigenvalue weighted by Gasteiger charge is -2.51. The Bertz CT molecular complexity index is 1460. The smallest absolute Gasteiger partial charge is 0.256 e. The maximum absolute atomic E-state index is 15.1. The number of likely N-dealkylation sites (tertiary alicyclic amines) is 1. The number of nitrogens with zero attached hydrogens (tertiary/aromatic N) is 7. The lowest BCUT2D eigenvalue weighted by molar-refractivity contribution is -0.0115. The Labute approximate surface area is 212 Å². The van der Waals surface area contributed by atoms with Gasteiger partial charge in [0.15, 0.2) is 5.65 Å². The number of aryl methyl sites for hydroxylation is 2. The first-order valence-electron chi connectivity index (χ1n) is 12.9. The van der Waals surface area contributed by atoms with E-state index in [1.165, 1.54) is 11.0 Å². The molecule has 2 atom stereocenters. The minimum absolute atomic E-state index is 0.149. The number of nitrogens with one attached hydrogen (secondary N) is 1. The van der Waals surface area contributed by atoms with Crippen molar-refractivity contribution in [2.24, 2.45) is 0 Å². The molecular formula is C26H31F3N8. The molecule has 4 aromatic rings. The number of pyridine rings is 1. The molecule has 0 bridgehead atoms. The summed E-state index contributed by atoms with van der Waals surface area (Å²) in [7, 11) is 0. The number of hydrogen-bond donors (Lipinski definition) is 1. The van der Waals surface area contributed by atoms with Crippen molar-refractivity contribution in [3.8, 4) is 11.3 Å². The van der Waals surface area contributed by atoms with Crippen LogP contribution in [0.1, 0.15) is 44.1 Å². The average molecular weight is 513 g/mol. The van der Waals surface area contributed by atoms with E-state index in [4.69, 9.17) is 0 Å². The molecule has 6 rings (SSSR count). The van der Waals surface area contributed by atoms with Gasteiger partial charge in [0.1, 0.15) is 17.5 Å². The largest absolute Gasteiger partial charge is 0.347 e. The molecule has 5 heterocycles. The summed E-state index contributed by atoms with van der Waals surface area (Å²) in [5.74, 6) is 0.874. The standard InChI is InChI=1S/C26H31F3N8/c1-15-11-17(19-5-6-21-24(32-19)36(14-23(28)29)16(2)31-21)22-12-30-25(34-37(15)22)33-20-7-10-35(13-18(20)27)26(3)8-4-9-26/h5-6,11-12,18,20,23H,4,7-10,13-14H2,1-3H3,(H,33,34). The van der Waals surface area contributed by atoms with Crippen LogP contribution in [0.4, 0.5) is 19.1 Å². The molecule has 1 aliphatic heterocycles. The van der Waals surface area contributed by atoms with Gasteiger partial charge in [0.2, 0.25) is 5.95 Å². The summed E-state index contributed by atoms with van der Waals surface area (Å²) in [5.41, 5.74) is 4.15. The summed E-state index contributed by atoms with van der Waals surface area (Å²) >= 11 is 0. The van der Waals surface area contributed by atoms with Gasteiger partial charge in [-0.15, -0.1) is 5.10 Å². The summed E-state index contributed by atoms with van der Waals surface area (Å²) < 4.78 is 44.6. The third kappa shape index (κ3) is 4.22. The Kier molecular flexibility index (Phi) is 5.85. The number of hydrogen-bond acceptors (Lipinski definition) is 6. The molecule has 2 aliphatic rings. The fourth-order valence-corrected chi connectivity index (χ4v) is 5.77. The quantitative estimate of drug-likeness (QED) is 0.400. The number of piperidine rings is 1. The van der Waals surface area contributed by atoms with E-state index in [1.807, 2.05) is 19.1 Å². The zero-order valence-corrected chi connectivity index (χ0v) is 21.3. The molecule has 0 amide bonds. The lowest BCUT2D eigenvalue weighted by atomic mass is 9.76. The summed E-state index contributed by atoms with van der Waals surface area (Å²) in [6, 6.07) is 5.22. The van der Waals surface area contributed by atoms with Crippen LogP contribution in [0.3, 0.4) is 0 Å². The van der Waals surface area contributed by atoms with Gasteiger partial charge in [-0.2, -0.15) is 0 Å². The number of aromatic nitrogens is 6. The first-order valence-corrected chi connectivity index (χ1v) is 12.9. The highest BCUT2D eigenvalue weighted by molar-refractivity contribution is 5.83. The van der Waals surface area contributed by atoms with Crippen LogP contribution in [0, 0.1) is 13.8 Å². The molecule has 2 fully saturated rings. The van der Waals surface area contributed by atoms with Crippen LogP contribution in [-0.2, 0) is 6.54 Å². The van der Waals surface area contributed by atoms with Crippen LogP contribution in [-0.4, -0.2) is 71.3 Å². The first kappa shape index (κ1) is 24.1. The minimum Gasteiger partial charge on any atom is -0.347 e. The highest BCUT2D eigenvalue weighted by Crippen LogP contribution is 2.39. The average Bonchev–Trinajstić information content (AvgIpc) is 3.34. The maximum Gasteiger partial charge on any atom is 0.256 e. The third-order valence-electron chi connectivity index (χ3n) is 8.12. The number of alkyl halides is 3. The third-order valence-corrected chi connectivity index (χ3v) is 8.12. The van der Waals surface area contributed by atoms with Gasteiger partial charge in [-0.1, -0.05) is 0 Å². The second-order valence-corrected chi connectivity index (χ2v) is 10.6. The minimum atomic E-state index is -2.50. The summed E-state index contributed by atoms with van der Waals surface area (Å²) in [5, 5.41) is 7.85. The Balaban J connectivity index is 1.26. The predicted molar refractivity (Wildman–Crippen MR) is 136 cm³/mol. The molecule has 4 aromatic heterocycles. The molecule has 0 aromatic carbocycles. The van der Waals surface area contributed by atoms with Crippen molar-refractivity contribution in [3.05, 3.63) is 35.9 Å². The van der Waals surface area contributed by atoms with E-state index in [-0.39, 0.29) is 11.6 Å². The Hall–Kier alpha value is -3.21. The molecule has 1 N–H and O–H groups in total. The van der Waals surface area contributed by atoms with Gasteiger partial charge >= 0.3 is 0 Å². The van der Waals surface area contributed by atoms with Crippen molar-refractivity contribution in [1.29, 1.82) is 0 Å². The van der Waals surface area contributed by atoms with Crippen LogP contribution < -0.4 is 5.32 Å². The van der Waals surface area contributed by atoms with Gasteiger partial charge in [-0.25, -0.2) is 32.6 Å². The number of imidazole rings is 1. The Morgan fingerprint density at radius 2 is 2.00 bits per heavy atom. The SMILES string of the molecule is Cc1nc2ccc(-c3cc(C)n4nc(NC5CCN(C6(C)CCC6)CC5F)ncc34)nc2n1CC(F)F. The fraction of sp³-hybridized carbons (Fsp3) is 0.538. The van der Waals surface area contributed by atoms with Gasteiger partial charge < -0.3 is 9.88 Å². The van der Waals surface area contributed by atoms with E-state index in [2.05, 4.69) is 37.2 Å². The summed E-state index contributed by atoms with van der Waals surface area (Å²) in [6.07, 6.45) is 2.40. The normalized spacial score (nSPS) is 22.1. The predicted octanol–water partition coefficient (Wildman–Crippen LogP) is 4.79. The van der Waals surface area contributed by atoms with Gasteiger partial charge in [-0.05, 0) is 64.7 Å². The van der Waals surface area contributed by atoms with Crippen molar-refractivity contribution < 1.29 is 13.2 Å². The summed E-state index contributed by atoms with van der Waals surface area (Å²) in [6.45, 7) is 6.69. The number of halogens is 3. The zero-order valence-electron chi connectivity index (χ0n) is 21.3. The van der Waals surface area contributed by atoms with E-state index in [9.17, 15) is 8.78 Å². The van der Waals surface area contributed by atoms with Crippen molar-refractivity contribution in [1.82, 2.24) is 34.0 Å². The van der Waals surface area contributed by atoms with E-state index < -0.39 is 19.1 Å². The Morgan fingerprint density at radius 1 is 1.19 bits per heavy atom. The van der Waals surface area contributed by atoms with Gasteiger partial charge in [0.25, 0.3) is 6.43 Å². The van der Waals surface area contributed by atoms with Crippen molar-refractivity contribution >= 4 is 22.6 Å². The highest BCUT2D eigenvalue weighted by Gasteiger charge is 2.42. The van der Waals surface area contributed by atoms with Crippen LogP contribution in [0.25, 0.3) is 27.9 Å². The molecule has 2 unspecified atom stereocenters. The number of anilines is 1. The summed E-state index contributed by atoms with van der Waals surface area (Å²) in [4.78, 5) is 15.8. The van der Waals surface area contributed by atoms with Crippen molar-refractivity contribution in [2.45, 2.75) is 77.2 Å². The second kappa shape index (κ2) is 8.97. The topological polar surface area (TPSA) is 76.2 Å². The molecule has 0 spiro atoms. The number of fused-ring (bicyclic) bond motifs is 2. The van der Waals surface area contributed by atoms with Crippen molar-refractivity contribution in [2.75, 3.05) is 18.4 Å². The molecule has 8 nitrogen and oxygen atoms in total. The first-order chi connectivity index (χ1) is 17.7. The molecule has 196 valence electrons. The van der Waals surface area contributed by atoms with E-state index in [0.29, 0.717) is 41.6 Å². The Morgan fingerprint density at radius 3 is 2.70 bits per heavy atom. The molecule has 1 saturated heterocycles. The molecular weight excluding hydrogens is 481 g/mol. The molecule has 1 aliphatic carbocycles. The highest BCUT2D eigenvalue weighted by atomic mass is 19.3. The monoisotopic (exact) mass is 512 g/mol. The van der Waals surface area contributed by atoms with Crippen LogP contribution in [0.5, 0.6) is 0 Å².